The Morgan fingerprint density at radius 1 is 1.60 bits per heavy atom. The number of furan rings is 1. The number of nitrogen functional groups attached to an aromatic ring is 1. The van der Waals surface area contributed by atoms with E-state index in [1.807, 2.05) is 6.07 Å². The molecule has 0 aromatic carbocycles. The minimum Gasteiger partial charge on any atom is -0.465 e. The third-order valence-electron chi connectivity index (χ3n) is 1.62. The zero-order valence-corrected chi connectivity index (χ0v) is 8.36. The summed E-state index contributed by atoms with van der Waals surface area (Å²) in [6, 6.07) is 5.52. The summed E-state index contributed by atoms with van der Waals surface area (Å²) < 4.78 is 5.09. The van der Waals surface area contributed by atoms with Crippen LogP contribution >= 0.6 is 11.3 Å². The second-order valence-corrected chi connectivity index (χ2v) is 3.64. The van der Waals surface area contributed by atoms with E-state index in [1.165, 1.54) is 17.6 Å². The molecule has 0 atom stereocenters. The molecule has 0 saturated carbocycles. The van der Waals surface area contributed by atoms with Crippen molar-refractivity contribution in [2.24, 2.45) is 0 Å². The molecule has 0 unspecified atom stereocenters. The van der Waals surface area contributed by atoms with Crippen molar-refractivity contribution < 1.29 is 4.42 Å². The van der Waals surface area contributed by atoms with Crippen LogP contribution in [-0.4, -0.2) is 10.2 Å². The maximum atomic E-state index is 8.93. The highest BCUT2D eigenvalue weighted by Gasteiger charge is 2.07. The van der Waals surface area contributed by atoms with Crippen LogP contribution in [-0.2, 0) is 0 Å². The van der Waals surface area contributed by atoms with Gasteiger partial charge in [-0.25, -0.2) is 0 Å². The lowest BCUT2D eigenvalue weighted by Gasteiger charge is -1.88. The van der Waals surface area contributed by atoms with E-state index in [2.05, 4.69) is 10.2 Å². The van der Waals surface area contributed by atoms with Gasteiger partial charge in [0, 0.05) is 6.08 Å². The minimum absolute atomic E-state index is 0.339. The molecule has 0 fully saturated rings. The molecular formula is C9H6N4OS. The minimum atomic E-state index is 0.339. The highest BCUT2D eigenvalue weighted by Crippen LogP contribution is 2.22. The Morgan fingerprint density at radius 3 is 3.00 bits per heavy atom. The molecule has 0 aliphatic rings. The lowest BCUT2D eigenvalue weighted by molar-refractivity contribution is 0.557. The van der Waals surface area contributed by atoms with E-state index in [1.54, 1.807) is 18.2 Å². The van der Waals surface area contributed by atoms with Gasteiger partial charge in [-0.3, -0.25) is 0 Å². The second kappa shape index (κ2) is 3.94. The average molecular weight is 218 g/mol. The Bertz CT molecular complexity index is 521. The molecule has 2 aromatic heterocycles. The van der Waals surface area contributed by atoms with Crippen molar-refractivity contribution in [1.29, 1.82) is 5.26 Å². The van der Waals surface area contributed by atoms with Gasteiger partial charge in [-0.1, -0.05) is 11.3 Å². The smallest absolute Gasteiger partial charge is 0.203 e. The van der Waals surface area contributed by atoms with Crippen molar-refractivity contribution in [2.75, 3.05) is 5.73 Å². The van der Waals surface area contributed by atoms with E-state index in [-0.39, 0.29) is 0 Å². The summed E-state index contributed by atoms with van der Waals surface area (Å²) >= 11 is 1.17. The molecule has 2 rings (SSSR count). The standard InChI is InChI=1S/C9H6N4OS/c10-5-6(4-7-2-1-3-14-7)8-12-13-9(11)15-8/h1-4H,(H2,11,13)/b6-4+. The first-order chi connectivity index (χ1) is 7.29. The lowest BCUT2D eigenvalue weighted by Crippen LogP contribution is -1.81. The van der Waals surface area contributed by atoms with Crippen molar-refractivity contribution >= 4 is 28.1 Å². The SMILES string of the molecule is N#C/C(=C\c1ccco1)c1nnc(N)s1. The predicted molar refractivity (Wildman–Crippen MR) is 56.5 cm³/mol. The Kier molecular flexibility index (Phi) is 2.48. The Morgan fingerprint density at radius 2 is 2.47 bits per heavy atom. The fraction of sp³-hybridized carbons (Fsp3) is 0. The first-order valence-electron chi connectivity index (χ1n) is 4.04. The molecule has 6 heteroatoms. The number of aromatic nitrogens is 2. The van der Waals surface area contributed by atoms with Crippen LogP contribution in [0.4, 0.5) is 5.13 Å². The number of hydrogen-bond donors (Lipinski definition) is 1. The van der Waals surface area contributed by atoms with E-state index >= 15 is 0 Å². The summed E-state index contributed by atoms with van der Waals surface area (Å²) in [5.41, 5.74) is 5.82. The van der Waals surface area contributed by atoms with Crippen molar-refractivity contribution in [3.8, 4) is 6.07 Å². The van der Waals surface area contributed by atoms with Crippen LogP contribution in [0.15, 0.2) is 22.8 Å². The van der Waals surface area contributed by atoms with Gasteiger partial charge < -0.3 is 10.2 Å². The number of nitrogens with zero attached hydrogens (tertiary/aromatic N) is 3. The average Bonchev–Trinajstić information content (AvgIpc) is 2.85. The maximum absolute atomic E-state index is 8.93. The van der Waals surface area contributed by atoms with Gasteiger partial charge in [0.25, 0.3) is 0 Å². The molecule has 0 saturated heterocycles. The molecule has 5 nitrogen and oxygen atoms in total. The van der Waals surface area contributed by atoms with E-state index in [9.17, 15) is 0 Å². The molecule has 2 heterocycles. The number of nitrogens with two attached hydrogens (primary N) is 1. The van der Waals surface area contributed by atoms with Gasteiger partial charge >= 0.3 is 0 Å². The largest absolute Gasteiger partial charge is 0.465 e. The van der Waals surface area contributed by atoms with Crippen LogP contribution in [0.2, 0.25) is 0 Å². The highest BCUT2D eigenvalue weighted by molar-refractivity contribution is 7.16. The fourth-order valence-corrected chi connectivity index (χ4v) is 1.58. The van der Waals surface area contributed by atoms with Crippen LogP contribution in [0, 0.1) is 11.3 Å². The molecule has 2 aromatic rings. The monoisotopic (exact) mass is 218 g/mol. The molecule has 74 valence electrons. The fourth-order valence-electron chi connectivity index (χ4n) is 1.00. The van der Waals surface area contributed by atoms with Crippen LogP contribution in [0.25, 0.3) is 11.6 Å². The number of hydrogen-bond acceptors (Lipinski definition) is 6. The second-order valence-electron chi connectivity index (χ2n) is 2.63. The van der Waals surface area contributed by atoms with Gasteiger partial charge in [-0.05, 0) is 12.1 Å². The molecular weight excluding hydrogens is 212 g/mol. The van der Waals surface area contributed by atoms with Gasteiger partial charge in [0.15, 0.2) is 5.01 Å². The number of nitriles is 1. The normalized spacial score (nSPS) is 11.3. The van der Waals surface area contributed by atoms with Gasteiger partial charge in [-0.15, -0.1) is 10.2 Å². The number of allylic oxidation sites excluding steroid dienone is 1. The van der Waals surface area contributed by atoms with Crippen molar-refractivity contribution in [3.63, 3.8) is 0 Å². The molecule has 0 aliphatic carbocycles. The van der Waals surface area contributed by atoms with Crippen molar-refractivity contribution in [1.82, 2.24) is 10.2 Å². The molecule has 0 amide bonds. The zero-order chi connectivity index (χ0) is 10.7. The lowest BCUT2D eigenvalue weighted by atomic mass is 10.2. The van der Waals surface area contributed by atoms with E-state index < -0.39 is 0 Å². The molecule has 0 aliphatic heterocycles. The van der Waals surface area contributed by atoms with Gasteiger partial charge in [0.1, 0.15) is 11.8 Å². The zero-order valence-electron chi connectivity index (χ0n) is 7.54. The summed E-state index contributed by atoms with van der Waals surface area (Å²) in [5.74, 6) is 0.598. The van der Waals surface area contributed by atoms with Crippen LogP contribution in [0.3, 0.4) is 0 Å². The summed E-state index contributed by atoms with van der Waals surface area (Å²) in [4.78, 5) is 0. The quantitative estimate of drug-likeness (QED) is 0.776. The van der Waals surface area contributed by atoms with Gasteiger partial charge in [0.2, 0.25) is 5.13 Å². The highest BCUT2D eigenvalue weighted by atomic mass is 32.1. The Balaban J connectivity index is 2.37. The molecule has 2 N–H and O–H groups in total. The summed E-state index contributed by atoms with van der Waals surface area (Å²) in [6.07, 6.45) is 3.13. The third-order valence-corrected chi connectivity index (χ3v) is 2.41. The third kappa shape index (κ3) is 2.03. The van der Waals surface area contributed by atoms with Crippen LogP contribution in [0.5, 0.6) is 0 Å². The Labute approximate surface area is 89.5 Å². The first kappa shape index (κ1) is 9.43. The molecule has 0 radical (unpaired) electrons. The number of rotatable bonds is 2. The van der Waals surface area contributed by atoms with E-state index in [4.69, 9.17) is 15.4 Å². The summed E-state index contributed by atoms with van der Waals surface area (Å²) in [7, 11) is 0. The van der Waals surface area contributed by atoms with Crippen molar-refractivity contribution in [3.05, 3.63) is 29.2 Å². The van der Waals surface area contributed by atoms with Crippen LogP contribution < -0.4 is 5.73 Å². The topological polar surface area (TPSA) is 88.7 Å². The molecule has 0 bridgehead atoms. The van der Waals surface area contributed by atoms with Crippen LogP contribution in [0.1, 0.15) is 10.8 Å². The van der Waals surface area contributed by atoms with E-state index in [0.29, 0.717) is 21.5 Å². The van der Waals surface area contributed by atoms with Crippen molar-refractivity contribution in [2.45, 2.75) is 0 Å². The maximum Gasteiger partial charge on any atom is 0.203 e. The Hall–Kier alpha value is -2.13. The first-order valence-corrected chi connectivity index (χ1v) is 4.86. The predicted octanol–water partition coefficient (Wildman–Crippen LogP) is 1.78. The van der Waals surface area contributed by atoms with Gasteiger partial charge in [-0.2, -0.15) is 5.26 Å². The molecule has 15 heavy (non-hydrogen) atoms. The summed E-state index contributed by atoms with van der Waals surface area (Å²) in [6.45, 7) is 0. The number of anilines is 1. The molecule has 0 spiro atoms. The van der Waals surface area contributed by atoms with E-state index in [0.717, 1.165) is 0 Å². The summed E-state index contributed by atoms with van der Waals surface area (Å²) in [5, 5.41) is 17.2. The van der Waals surface area contributed by atoms with Gasteiger partial charge in [0.05, 0.1) is 11.8 Å².